The summed E-state index contributed by atoms with van der Waals surface area (Å²) in [4.78, 5) is -0.663. The van der Waals surface area contributed by atoms with Crippen molar-refractivity contribution >= 4 is 17.0 Å². The molecule has 0 amide bonds. The van der Waals surface area contributed by atoms with Crippen molar-refractivity contribution in [3.8, 4) is 16.9 Å². The van der Waals surface area contributed by atoms with E-state index in [-0.39, 0.29) is 11.4 Å². The van der Waals surface area contributed by atoms with Gasteiger partial charge in [0.05, 0.1) is 5.69 Å². The summed E-state index contributed by atoms with van der Waals surface area (Å²) in [5.41, 5.74) is 6.53. The summed E-state index contributed by atoms with van der Waals surface area (Å²) in [7, 11) is 0. The van der Waals surface area contributed by atoms with Crippen LogP contribution in [0.2, 0.25) is 0 Å². The molecule has 17 heavy (non-hydrogen) atoms. The predicted molar refractivity (Wildman–Crippen MR) is 60.8 cm³/mol. The number of anilines is 1. The Morgan fingerprint density at radius 2 is 1.82 bits per heavy atom. The largest absolute Gasteiger partial charge is 0.506 e. The van der Waals surface area contributed by atoms with Crippen LogP contribution >= 0.6 is 11.3 Å². The number of benzene rings is 1. The molecule has 6 heteroatoms. The smallest absolute Gasteiger partial charge is 0.425 e. The van der Waals surface area contributed by atoms with Crippen LogP contribution in [0.5, 0.6) is 5.75 Å². The number of alkyl halides is 3. The number of hydrogen-bond donors (Lipinski definition) is 2. The molecule has 0 aliphatic heterocycles. The SMILES string of the molecule is Nc1ccc(-c2csc(C(F)(F)F)c2)cc1O. The molecule has 0 saturated carbocycles. The molecule has 0 saturated heterocycles. The Kier molecular flexibility index (Phi) is 2.74. The van der Waals surface area contributed by atoms with Crippen molar-refractivity contribution in [1.29, 1.82) is 0 Å². The molecule has 0 atom stereocenters. The van der Waals surface area contributed by atoms with Gasteiger partial charge >= 0.3 is 6.18 Å². The third kappa shape index (κ3) is 2.36. The van der Waals surface area contributed by atoms with Gasteiger partial charge < -0.3 is 10.8 Å². The number of phenols is 1. The van der Waals surface area contributed by atoms with Crippen molar-refractivity contribution in [3.05, 3.63) is 34.5 Å². The molecule has 0 unspecified atom stereocenters. The average molecular weight is 259 g/mol. The second-order valence-corrected chi connectivity index (χ2v) is 4.38. The normalized spacial score (nSPS) is 11.7. The highest BCUT2D eigenvalue weighted by Gasteiger charge is 2.32. The highest BCUT2D eigenvalue weighted by atomic mass is 32.1. The Morgan fingerprint density at radius 3 is 2.35 bits per heavy atom. The molecule has 2 rings (SSSR count). The first kappa shape index (κ1) is 11.8. The molecule has 1 heterocycles. The minimum Gasteiger partial charge on any atom is -0.506 e. The molecule has 0 spiro atoms. The van der Waals surface area contributed by atoms with Gasteiger partial charge in [0.25, 0.3) is 0 Å². The molecule has 0 radical (unpaired) electrons. The molecule has 2 aromatic rings. The van der Waals surface area contributed by atoms with Crippen LogP contribution in [-0.2, 0) is 6.18 Å². The maximum absolute atomic E-state index is 12.4. The van der Waals surface area contributed by atoms with Gasteiger partial charge in [0.2, 0.25) is 0 Å². The van der Waals surface area contributed by atoms with Crippen LogP contribution in [0.25, 0.3) is 11.1 Å². The Hall–Kier alpha value is -1.69. The van der Waals surface area contributed by atoms with Crippen molar-refractivity contribution in [1.82, 2.24) is 0 Å². The monoisotopic (exact) mass is 259 g/mol. The van der Waals surface area contributed by atoms with Gasteiger partial charge in [-0.05, 0) is 34.7 Å². The van der Waals surface area contributed by atoms with E-state index in [0.717, 1.165) is 6.07 Å². The summed E-state index contributed by atoms with van der Waals surface area (Å²) in [6, 6.07) is 5.42. The minimum atomic E-state index is -4.33. The lowest BCUT2D eigenvalue weighted by Crippen LogP contribution is -2.00. The average Bonchev–Trinajstić information content (AvgIpc) is 2.70. The second kappa shape index (κ2) is 3.96. The topological polar surface area (TPSA) is 46.2 Å². The number of thiophene rings is 1. The number of nitrogen functional groups attached to an aromatic ring is 1. The van der Waals surface area contributed by atoms with Crippen molar-refractivity contribution in [3.63, 3.8) is 0 Å². The summed E-state index contributed by atoms with van der Waals surface area (Å²) in [6.45, 7) is 0. The number of nitrogens with two attached hydrogens (primary N) is 1. The highest BCUT2D eigenvalue weighted by molar-refractivity contribution is 7.10. The van der Waals surface area contributed by atoms with Gasteiger partial charge in [-0.3, -0.25) is 0 Å². The Morgan fingerprint density at radius 1 is 1.12 bits per heavy atom. The van der Waals surface area contributed by atoms with Gasteiger partial charge in [0.15, 0.2) is 0 Å². The molecule has 3 N–H and O–H groups in total. The van der Waals surface area contributed by atoms with Crippen molar-refractivity contribution < 1.29 is 18.3 Å². The maximum Gasteiger partial charge on any atom is 0.425 e. The Bertz CT molecular complexity index is 548. The van der Waals surface area contributed by atoms with E-state index in [4.69, 9.17) is 5.73 Å². The molecule has 0 aliphatic carbocycles. The van der Waals surface area contributed by atoms with E-state index >= 15 is 0 Å². The number of hydrogen-bond acceptors (Lipinski definition) is 3. The molecule has 0 aliphatic rings. The highest BCUT2D eigenvalue weighted by Crippen LogP contribution is 2.38. The van der Waals surface area contributed by atoms with E-state index in [1.54, 1.807) is 6.07 Å². The molecular formula is C11H8F3NOS. The zero-order valence-electron chi connectivity index (χ0n) is 8.45. The quantitative estimate of drug-likeness (QED) is 0.605. The van der Waals surface area contributed by atoms with Gasteiger partial charge in [-0.1, -0.05) is 6.07 Å². The molecule has 1 aromatic carbocycles. The van der Waals surface area contributed by atoms with Crippen LogP contribution in [0.3, 0.4) is 0 Å². The second-order valence-electron chi connectivity index (χ2n) is 3.47. The lowest BCUT2D eigenvalue weighted by molar-refractivity contribution is -0.134. The van der Waals surface area contributed by atoms with Crippen molar-refractivity contribution in [2.75, 3.05) is 5.73 Å². The summed E-state index contributed by atoms with van der Waals surface area (Å²) in [6.07, 6.45) is -4.33. The van der Waals surface area contributed by atoms with Crippen LogP contribution in [0.15, 0.2) is 29.6 Å². The molecule has 2 nitrogen and oxygen atoms in total. The lowest BCUT2D eigenvalue weighted by Gasteiger charge is -2.02. The van der Waals surface area contributed by atoms with Crippen LogP contribution in [0, 0.1) is 0 Å². The molecule has 1 aromatic heterocycles. The molecular weight excluding hydrogens is 251 g/mol. The maximum atomic E-state index is 12.4. The van der Waals surface area contributed by atoms with Gasteiger partial charge in [-0.25, -0.2) is 0 Å². The fourth-order valence-corrected chi connectivity index (χ4v) is 2.15. The van der Waals surface area contributed by atoms with E-state index in [1.807, 2.05) is 0 Å². The number of rotatable bonds is 1. The predicted octanol–water partition coefficient (Wildman–Crippen LogP) is 3.72. The minimum absolute atomic E-state index is 0.137. The summed E-state index contributed by atoms with van der Waals surface area (Å²) < 4.78 is 37.2. The van der Waals surface area contributed by atoms with Crippen LogP contribution in [-0.4, -0.2) is 5.11 Å². The van der Waals surface area contributed by atoms with E-state index in [9.17, 15) is 18.3 Å². The lowest BCUT2D eigenvalue weighted by atomic mass is 10.1. The number of phenolic OH excluding ortho intramolecular Hbond substituents is 1. The summed E-state index contributed by atoms with van der Waals surface area (Å²) >= 11 is 0.623. The van der Waals surface area contributed by atoms with Gasteiger partial charge in [0, 0.05) is 0 Å². The van der Waals surface area contributed by atoms with Crippen LogP contribution in [0.4, 0.5) is 18.9 Å². The van der Waals surface area contributed by atoms with Crippen molar-refractivity contribution in [2.45, 2.75) is 6.18 Å². The summed E-state index contributed by atoms with van der Waals surface area (Å²) in [5, 5.41) is 10.8. The first-order valence-corrected chi connectivity index (χ1v) is 5.50. The standard InChI is InChI=1S/C11H8F3NOS/c12-11(13,14)10-4-7(5-17-10)6-1-2-8(15)9(16)3-6/h1-5,16H,15H2. The Balaban J connectivity index is 2.40. The van der Waals surface area contributed by atoms with Crippen LogP contribution < -0.4 is 5.73 Å². The van der Waals surface area contributed by atoms with E-state index in [1.165, 1.54) is 17.5 Å². The van der Waals surface area contributed by atoms with Crippen LogP contribution in [0.1, 0.15) is 4.88 Å². The zero-order chi connectivity index (χ0) is 12.6. The zero-order valence-corrected chi connectivity index (χ0v) is 9.27. The summed E-state index contributed by atoms with van der Waals surface area (Å²) in [5.74, 6) is -0.137. The van der Waals surface area contributed by atoms with E-state index in [2.05, 4.69) is 0 Å². The molecule has 0 fully saturated rings. The molecule has 0 bridgehead atoms. The Labute approximate surface area is 99.1 Å². The van der Waals surface area contributed by atoms with Gasteiger partial charge in [-0.2, -0.15) is 13.2 Å². The molecule has 90 valence electrons. The first-order valence-electron chi connectivity index (χ1n) is 4.62. The first-order chi connectivity index (χ1) is 7.88. The number of aromatic hydroxyl groups is 1. The third-order valence-corrected chi connectivity index (χ3v) is 3.22. The van der Waals surface area contributed by atoms with E-state index in [0.29, 0.717) is 22.5 Å². The van der Waals surface area contributed by atoms with Crippen molar-refractivity contribution in [2.24, 2.45) is 0 Å². The van der Waals surface area contributed by atoms with E-state index < -0.39 is 11.1 Å². The fraction of sp³-hybridized carbons (Fsp3) is 0.0909. The van der Waals surface area contributed by atoms with Gasteiger partial charge in [0.1, 0.15) is 10.6 Å². The third-order valence-electron chi connectivity index (χ3n) is 2.24. The fourth-order valence-electron chi connectivity index (χ4n) is 1.36. The van der Waals surface area contributed by atoms with Gasteiger partial charge in [-0.15, -0.1) is 11.3 Å². The number of halogens is 3.